The van der Waals surface area contributed by atoms with Crippen LogP contribution in [0.4, 0.5) is 5.69 Å². The molecule has 1 aliphatic heterocycles. The molecule has 24 heavy (non-hydrogen) atoms. The number of imide groups is 1. The first kappa shape index (κ1) is 15.7. The minimum absolute atomic E-state index is 0.0607. The monoisotopic (exact) mass is 324 g/mol. The quantitative estimate of drug-likeness (QED) is 0.532. The Balaban J connectivity index is 1.91. The van der Waals surface area contributed by atoms with Crippen molar-refractivity contribution < 1.29 is 19.2 Å². The normalized spacial score (nSPS) is 15.2. The van der Waals surface area contributed by atoms with Crippen LogP contribution in [0.2, 0.25) is 0 Å². The van der Waals surface area contributed by atoms with Gasteiger partial charge in [-0.25, -0.2) is 4.79 Å². The fraction of sp³-hybridized carbons (Fsp3) is 0.167. The maximum absolute atomic E-state index is 12.2. The molecule has 1 fully saturated rings. The van der Waals surface area contributed by atoms with Crippen LogP contribution in [0, 0.1) is 0 Å². The Morgan fingerprint density at radius 2 is 1.79 bits per heavy atom. The number of hydrogen-bond acceptors (Lipinski definition) is 5. The summed E-state index contributed by atoms with van der Waals surface area (Å²) in [7, 11) is 0. The Kier molecular flexibility index (Phi) is 4.04. The largest absolute Gasteiger partial charge is 0.398 e. The third-order valence-corrected chi connectivity index (χ3v) is 3.87. The molecule has 2 amide bonds. The second kappa shape index (κ2) is 6.16. The van der Waals surface area contributed by atoms with Gasteiger partial charge in [-0.1, -0.05) is 30.3 Å². The number of carbonyl (C=O) groups is 3. The van der Waals surface area contributed by atoms with E-state index < -0.39 is 17.8 Å². The Hall–Kier alpha value is -3.15. The van der Waals surface area contributed by atoms with Crippen LogP contribution in [-0.4, -0.2) is 22.8 Å². The number of benzene rings is 2. The Labute approximate surface area is 138 Å². The van der Waals surface area contributed by atoms with E-state index >= 15 is 0 Å². The van der Waals surface area contributed by atoms with Crippen LogP contribution in [0.1, 0.15) is 25.3 Å². The lowest BCUT2D eigenvalue weighted by molar-refractivity contribution is -0.194. The van der Waals surface area contributed by atoms with Gasteiger partial charge in [-0.3, -0.25) is 9.59 Å². The molecule has 0 unspecified atom stereocenters. The number of hydroxylamine groups is 2. The molecule has 0 spiro atoms. The zero-order chi connectivity index (χ0) is 17.3. The van der Waals surface area contributed by atoms with Gasteiger partial charge in [0.25, 0.3) is 11.8 Å². The van der Waals surface area contributed by atoms with Crippen molar-refractivity contribution in [3.8, 4) is 0 Å². The molecule has 0 atom stereocenters. The van der Waals surface area contributed by atoms with Crippen molar-refractivity contribution in [1.29, 1.82) is 0 Å². The lowest BCUT2D eigenvalue weighted by Gasteiger charge is -2.13. The number of rotatable bonds is 3. The van der Waals surface area contributed by atoms with Crippen LogP contribution in [0.25, 0.3) is 16.8 Å². The molecule has 0 aliphatic carbocycles. The molecular weight excluding hydrogens is 308 g/mol. The van der Waals surface area contributed by atoms with Gasteiger partial charge in [0.2, 0.25) is 0 Å². The Bertz CT molecular complexity index is 870. The molecule has 2 N–H and O–H groups in total. The number of anilines is 1. The number of nitrogen functional groups attached to an aromatic ring is 1. The molecule has 1 aliphatic rings. The van der Waals surface area contributed by atoms with Crippen LogP contribution in [0.15, 0.2) is 42.0 Å². The molecular formula is C18H16N2O4. The fourth-order valence-corrected chi connectivity index (χ4v) is 2.56. The fourth-order valence-electron chi connectivity index (χ4n) is 2.56. The zero-order valence-electron chi connectivity index (χ0n) is 13.1. The van der Waals surface area contributed by atoms with Crippen molar-refractivity contribution in [2.45, 2.75) is 19.8 Å². The summed E-state index contributed by atoms with van der Waals surface area (Å²) in [4.78, 5) is 40.1. The number of fused-ring (bicyclic) bond motifs is 1. The van der Waals surface area contributed by atoms with Crippen molar-refractivity contribution >= 4 is 40.3 Å². The number of nitrogens with zero attached hydrogens (tertiary/aromatic N) is 1. The summed E-state index contributed by atoms with van der Waals surface area (Å²) in [5.41, 5.74) is 7.49. The smallest absolute Gasteiger partial charge is 0.359 e. The van der Waals surface area contributed by atoms with E-state index in [4.69, 9.17) is 10.6 Å². The minimum atomic E-state index is -0.758. The summed E-state index contributed by atoms with van der Waals surface area (Å²) >= 11 is 0. The highest BCUT2D eigenvalue weighted by Crippen LogP contribution is 2.27. The number of amides is 2. The third kappa shape index (κ3) is 2.86. The Morgan fingerprint density at radius 3 is 2.50 bits per heavy atom. The minimum Gasteiger partial charge on any atom is -0.398 e. The highest BCUT2D eigenvalue weighted by atomic mass is 16.7. The van der Waals surface area contributed by atoms with Gasteiger partial charge < -0.3 is 10.6 Å². The van der Waals surface area contributed by atoms with Crippen LogP contribution in [-0.2, 0) is 19.2 Å². The van der Waals surface area contributed by atoms with Gasteiger partial charge >= 0.3 is 5.97 Å². The van der Waals surface area contributed by atoms with Crippen molar-refractivity contribution in [3.05, 3.63) is 47.5 Å². The predicted octanol–water partition coefficient (Wildman–Crippen LogP) is 2.43. The highest BCUT2D eigenvalue weighted by molar-refractivity contribution is 6.04. The van der Waals surface area contributed by atoms with Gasteiger partial charge in [0.15, 0.2) is 0 Å². The molecule has 0 aromatic heterocycles. The van der Waals surface area contributed by atoms with E-state index in [9.17, 15) is 14.4 Å². The van der Waals surface area contributed by atoms with Crippen molar-refractivity contribution in [2.75, 3.05) is 5.73 Å². The molecule has 122 valence electrons. The van der Waals surface area contributed by atoms with Crippen LogP contribution < -0.4 is 5.73 Å². The molecule has 0 saturated carbocycles. The lowest BCUT2D eigenvalue weighted by Crippen LogP contribution is -2.32. The first-order valence-electron chi connectivity index (χ1n) is 7.51. The average Bonchev–Trinajstić information content (AvgIpc) is 2.89. The van der Waals surface area contributed by atoms with E-state index in [0.717, 1.165) is 10.8 Å². The first-order chi connectivity index (χ1) is 11.5. The molecule has 2 aromatic rings. The molecule has 1 heterocycles. The lowest BCUT2D eigenvalue weighted by atomic mass is 10.0. The van der Waals surface area contributed by atoms with E-state index in [1.54, 1.807) is 19.1 Å². The summed E-state index contributed by atoms with van der Waals surface area (Å²) in [5, 5.41) is 2.42. The maximum Gasteiger partial charge on any atom is 0.359 e. The molecule has 6 heteroatoms. The van der Waals surface area contributed by atoms with E-state index in [-0.39, 0.29) is 18.4 Å². The number of carbonyl (C=O) groups excluding carboxylic acids is 3. The van der Waals surface area contributed by atoms with Gasteiger partial charge in [-0.2, -0.15) is 0 Å². The maximum atomic E-state index is 12.2. The summed E-state index contributed by atoms with van der Waals surface area (Å²) in [6.45, 7) is 1.55. The SMILES string of the molecule is CC(=Cc1c(N)ccc2ccccc12)C(=O)ON1C(=O)CCC1=O. The summed E-state index contributed by atoms with van der Waals surface area (Å²) in [6, 6.07) is 11.3. The molecule has 2 aromatic carbocycles. The summed E-state index contributed by atoms with van der Waals surface area (Å²) in [5.74, 6) is -1.78. The zero-order valence-corrected chi connectivity index (χ0v) is 13.1. The molecule has 6 nitrogen and oxygen atoms in total. The van der Waals surface area contributed by atoms with Gasteiger partial charge in [0, 0.05) is 29.7 Å². The van der Waals surface area contributed by atoms with Crippen molar-refractivity contribution in [1.82, 2.24) is 5.06 Å². The van der Waals surface area contributed by atoms with Crippen LogP contribution in [0.3, 0.4) is 0 Å². The van der Waals surface area contributed by atoms with Crippen LogP contribution >= 0.6 is 0 Å². The summed E-state index contributed by atoms with van der Waals surface area (Å²) in [6.07, 6.45) is 1.72. The standard InChI is InChI=1S/C18H16N2O4/c1-11(18(23)24-20-16(21)8-9-17(20)22)10-14-13-5-3-2-4-12(13)6-7-15(14)19/h2-7,10H,8-9,19H2,1H3. The van der Waals surface area contributed by atoms with Crippen molar-refractivity contribution in [3.63, 3.8) is 0 Å². The van der Waals surface area contributed by atoms with Gasteiger partial charge in [0.1, 0.15) is 0 Å². The molecule has 0 bridgehead atoms. The number of hydrogen-bond donors (Lipinski definition) is 1. The predicted molar refractivity (Wildman–Crippen MR) is 89.2 cm³/mol. The molecule has 0 radical (unpaired) electrons. The van der Waals surface area contributed by atoms with E-state index in [1.807, 2.05) is 30.3 Å². The average molecular weight is 324 g/mol. The van der Waals surface area contributed by atoms with Gasteiger partial charge in [-0.15, -0.1) is 5.06 Å². The van der Waals surface area contributed by atoms with Gasteiger partial charge in [-0.05, 0) is 29.8 Å². The summed E-state index contributed by atoms with van der Waals surface area (Å²) < 4.78 is 0. The van der Waals surface area contributed by atoms with Crippen molar-refractivity contribution in [2.24, 2.45) is 0 Å². The van der Waals surface area contributed by atoms with E-state index in [2.05, 4.69) is 0 Å². The molecule has 3 rings (SSSR count). The highest BCUT2D eigenvalue weighted by Gasteiger charge is 2.33. The Morgan fingerprint density at radius 1 is 1.12 bits per heavy atom. The first-order valence-corrected chi connectivity index (χ1v) is 7.51. The van der Waals surface area contributed by atoms with E-state index in [1.165, 1.54) is 0 Å². The molecule has 1 saturated heterocycles. The van der Waals surface area contributed by atoms with Crippen LogP contribution in [0.5, 0.6) is 0 Å². The topological polar surface area (TPSA) is 89.7 Å². The third-order valence-electron chi connectivity index (χ3n) is 3.87. The second-order valence-corrected chi connectivity index (χ2v) is 5.58. The van der Waals surface area contributed by atoms with E-state index in [0.29, 0.717) is 16.3 Å². The number of nitrogens with two attached hydrogens (primary N) is 1. The van der Waals surface area contributed by atoms with Gasteiger partial charge in [0.05, 0.1) is 0 Å². The second-order valence-electron chi connectivity index (χ2n) is 5.58.